The minimum atomic E-state index is -3.73. The number of rotatable bonds is 7. The van der Waals surface area contributed by atoms with Crippen LogP contribution in [0.5, 0.6) is 5.75 Å². The van der Waals surface area contributed by atoms with Crippen molar-refractivity contribution in [3.63, 3.8) is 0 Å². The van der Waals surface area contributed by atoms with Crippen LogP contribution in [0, 0.1) is 0 Å². The van der Waals surface area contributed by atoms with Gasteiger partial charge in [0.05, 0.1) is 16.7 Å². The molecule has 0 unspecified atom stereocenters. The molecule has 0 fully saturated rings. The standard InChI is InChI=1S/C16H20N2O4S/c1-12(19)11-22-16-5-3-2-4-15(16)18-23(20,21)14-8-6-13(10-17)7-9-14/h2-9,12,18-19H,10-11,17H2,1H3/t12-/m0/s1. The number of anilines is 1. The van der Waals surface area contributed by atoms with E-state index in [-0.39, 0.29) is 11.5 Å². The van der Waals surface area contributed by atoms with Gasteiger partial charge < -0.3 is 15.6 Å². The van der Waals surface area contributed by atoms with Crippen molar-refractivity contribution in [1.82, 2.24) is 0 Å². The summed E-state index contributed by atoms with van der Waals surface area (Å²) in [5, 5.41) is 9.29. The third-order valence-corrected chi connectivity index (χ3v) is 4.46. The molecule has 0 radical (unpaired) electrons. The lowest BCUT2D eigenvalue weighted by atomic mass is 10.2. The van der Waals surface area contributed by atoms with Crippen molar-refractivity contribution in [2.24, 2.45) is 5.73 Å². The van der Waals surface area contributed by atoms with Crippen molar-refractivity contribution in [3.05, 3.63) is 54.1 Å². The van der Waals surface area contributed by atoms with Gasteiger partial charge in [0.1, 0.15) is 12.4 Å². The van der Waals surface area contributed by atoms with Crippen LogP contribution in [-0.2, 0) is 16.6 Å². The van der Waals surface area contributed by atoms with E-state index in [1.54, 1.807) is 43.3 Å². The molecule has 1 atom stereocenters. The second-order valence-electron chi connectivity index (χ2n) is 5.11. The van der Waals surface area contributed by atoms with Gasteiger partial charge in [-0.3, -0.25) is 4.72 Å². The maximum absolute atomic E-state index is 12.4. The maximum atomic E-state index is 12.4. The Kier molecular flexibility index (Phi) is 5.59. The normalized spacial score (nSPS) is 12.7. The second-order valence-corrected chi connectivity index (χ2v) is 6.79. The Morgan fingerprint density at radius 1 is 1.17 bits per heavy atom. The van der Waals surface area contributed by atoms with Crippen LogP contribution in [0.25, 0.3) is 0 Å². The van der Waals surface area contributed by atoms with E-state index in [9.17, 15) is 13.5 Å². The van der Waals surface area contributed by atoms with E-state index in [1.807, 2.05) is 0 Å². The number of nitrogens with one attached hydrogen (secondary N) is 1. The second kappa shape index (κ2) is 7.45. The molecule has 7 heteroatoms. The molecule has 2 aromatic carbocycles. The fourth-order valence-corrected chi connectivity index (χ4v) is 2.97. The number of benzene rings is 2. The molecule has 0 saturated carbocycles. The predicted octanol–water partition coefficient (Wildman–Crippen LogP) is 1.71. The van der Waals surface area contributed by atoms with Gasteiger partial charge in [-0.2, -0.15) is 0 Å². The van der Waals surface area contributed by atoms with Crippen molar-refractivity contribution in [1.29, 1.82) is 0 Å². The van der Waals surface area contributed by atoms with Gasteiger partial charge in [0, 0.05) is 6.54 Å². The summed E-state index contributed by atoms with van der Waals surface area (Å²) >= 11 is 0. The average Bonchev–Trinajstić information content (AvgIpc) is 2.53. The molecule has 0 aliphatic rings. The third-order valence-electron chi connectivity index (χ3n) is 3.08. The Morgan fingerprint density at radius 3 is 2.43 bits per heavy atom. The van der Waals surface area contributed by atoms with E-state index in [4.69, 9.17) is 10.5 Å². The van der Waals surface area contributed by atoms with Crippen molar-refractivity contribution >= 4 is 15.7 Å². The lowest BCUT2D eigenvalue weighted by Gasteiger charge is -2.14. The summed E-state index contributed by atoms with van der Waals surface area (Å²) in [6.07, 6.45) is -0.650. The van der Waals surface area contributed by atoms with E-state index in [2.05, 4.69) is 4.72 Å². The van der Waals surface area contributed by atoms with E-state index >= 15 is 0 Å². The van der Waals surface area contributed by atoms with Crippen LogP contribution in [-0.4, -0.2) is 26.2 Å². The third kappa shape index (κ3) is 4.69. The highest BCUT2D eigenvalue weighted by atomic mass is 32.2. The summed E-state index contributed by atoms with van der Waals surface area (Å²) in [4.78, 5) is 0.139. The number of sulfonamides is 1. The number of nitrogens with two attached hydrogens (primary N) is 1. The molecule has 6 nitrogen and oxygen atoms in total. The zero-order valence-corrected chi connectivity index (χ0v) is 13.6. The van der Waals surface area contributed by atoms with Crippen LogP contribution in [0.1, 0.15) is 12.5 Å². The fraction of sp³-hybridized carbons (Fsp3) is 0.250. The Bertz CT molecular complexity index is 743. The monoisotopic (exact) mass is 336 g/mol. The highest BCUT2D eigenvalue weighted by Gasteiger charge is 2.16. The van der Waals surface area contributed by atoms with Gasteiger partial charge in [-0.25, -0.2) is 8.42 Å². The summed E-state index contributed by atoms with van der Waals surface area (Å²) in [6.45, 7) is 2.01. The Balaban J connectivity index is 2.22. The molecule has 0 spiro atoms. The molecule has 0 amide bonds. The number of aliphatic hydroxyl groups excluding tert-OH is 1. The molecule has 0 aliphatic carbocycles. The van der Waals surface area contributed by atoms with Crippen molar-refractivity contribution in [2.75, 3.05) is 11.3 Å². The molecule has 2 rings (SSSR count). The first-order valence-electron chi connectivity index (χ1n) is 7.14. The highest BCUT2D eigenvalue weighted by Crippen LogP contribution is 2.26. The number of aliphatic hydroxyl groups is 1. The zero-order valence-electron chi connectivity index (χ0n) is 12.8. The van der Waals surface area contributed by atoms with Gasteiger partial charge in [0.15, 0.2) is 0 Å². The molecule has 0 bridgehead atoms. The summed E-state index contributed by atoms with van der Waals surface area (Å²) in [7, 11) is -3.73. The number of para-hydroxylation sites is 2. The Hall–Kier alpha value is -2.09. The molecule has 0 heterocycles. The summed E-state index contributed by atoms with van der Waals surface area (Å²) < 4.78 is 32.8. The van der Waals surface area contributed by atoms with Crippen LogP contribution in [0.4, 0.5) is 5.69 Å². The lowest BCUT2D eigenvalue weighted by Crippen LogP contribution is -2.16. The van der Waals surface area contributed by atoms with E-state index < -0.39 is 16.1 Å². The molecule has 0 saturated heterocycles. The molecular formula is C16H20N2O4S. The molecule has 0 aromatic heterocycles. The van der Waals surface area contributed by atoms with Gasteiger partial charge in [-0.15, -0.1) is 0 Å². The van der Waals surface area contributed by atoms with Crippen LogP contribution in [0.3, 0.4) is 0 Å². The molecule has 2 aromatic rings. The van der Waals surface area contributed by atoms with Crippen LogP contribution in [0.15, 0.2) is 53.4 Å². The molecule has 124 valence electrons. The molecule has 4 N–H and O–H groups in total. The maximum Gasteiger partial charge on any atom is 0.262 e. The SMILES string of the molecule is C[C@H](O)COc1ccccc1NS(=O)(=O)c1ccc(CN)cc1. The fourth-order valence-electron chi connectivity index (χ4n) is 1.90. The summed E-state index contributed by atoms with van der Waals surface area (Å²) in [5.41, 5.74) is 6.68. The van der Waals surface area contributed by atoms with Crippen molar-refractivity contribution < 1.29 is 18.3 Å². The first-order chi connectivity index (χ1) is 10.9. The van der Waals surface area contributed by atoms with Gasteiger partial charge in [0.2, 0.25) is 0 Å². The molecular weight excluding hydrogens is 316 g/mol. The summed E-state index contributed by atoms with van der Waals surface area (Å²) in [6, 6.07) is 13.0. The van der Waals surface area contributed by atoms with Crippen molar-refractivity contribution in [3.8, 4) is 5.75 Å². The first kappa shape index (κ1) is 17.3. The molecule has 23 heavy (non-hydrogen) atoms. The van der Waals surface area contributed by atoms with E-state index in [0.717, 1.165) is 5.56 Å². The van der Waals surface area contributed by atoms with Crippen LogP contribution < -0.4 is 15.2 Å². The Morgan fingerprint density at radius 2 is 1.83 bits per heavy atom. The largest absolute Gasteiger partial charge is 0.489 e. The van der Waals surface area contributed by atoms with Crippen LogP contribution >= 0.6 is 0 Å². The topological polar surface area (TPSA) is 102 Å². The van der Waals surface area contributed by atoms with Gasteiger partial charge in [0.25, 0.3) is 10.0 Å². The minimum absolute atomic E-state index is 0.0734. The van der Waals surface area contributed by atoms with E-state index in [1.165, 1.54) is 12.1 Å². The number of ether oxygens (including phenoxy) is 1. The molecule has 0 aliphatic heterocycles. The quantitative estimate of drug-likeness (QED) is 0.714. The van der Waals surface area contributed by atoms with Gasteiger partial charge in [-0.05, 0) is 36.8 Å². The average molecular weight is 336 g/mol. The highest BCUT2D eigenvalue weighted by molar-refractivity contribution is 7.92. The van der Waals surface area contributed by atoms with Gasteiger partial charge in [-0.1, -0.05) is 24.3 Å². The van der Waals surface area contributed by atoms with Crippen LogP contribution in [0.2, 0.25) is 0 Å². The predicted molar refractivity (Wildman–Crippen MR) is 88.8 cm³/mol. The van der Waals surface area contributed by atoms with Gasteiger partial charge >= 0.3 is 0 Å². The summed E-state index contributed by atoms with van der Waals surface area (Å²) in [5.74, 6) is 0.357. The smallest absolute Gasteiger partial charge is 0.262 e. The zero-order chi connectivity index (χ0) is 16.9. The lowest BCUT2D eigenvalue weighted by molar-refractivity contribution is 0.123. The Labute approximate surface area is 136 Å². The van der Waals surface area contributed by atoms with E-state index in [0.29, 0.717) is 18.0 Å². The number of hydrogen-bond donors (Lipinski definition) is 3. The van der Waals surface area contributed by atoms with Crippen molar-refractivity contribution in [2.45, 2.75) is 24.5 Å². The minimum Gasteiger partial charge on any atom is -0.489 e. The first-order valence-corrected chi connectivity index (χ1v) is 8.62. The number of hydrogen-bond acceptors (Lipinski definition) is 5.